The number of carbonyl (C=O) groups is 3. The minimum Gasteiger partial charge on any atom is -0.482 e. The maximum atomic E-state index is 12.4. The van der Waals surface area contributed by atoms with Gasteiger partial charge in [0.2, 0.25) is 5.91 Å². The summed E-state index contributed by atoms with van der Waals surface area (Å²) in [5.74, 6) is -1.23. The van der Waals surface area contributed by atoms with E-state index >= 15 is 0 Å². The molecule has 0 saturated carbocycles. The molecule has 146 valence electrons. The summed E-state index contributed by atoms with van der Waals surface area (Å²) in [7, 11) is 0. The van der Waals surface area contributed by atoms with E-state index in [0.717, 1.165) is 11.1 Å². The van der Waals surface area contributed by atoms with E-state index in [2.05, 4.69) is 5.32 Å². The van der Waals surface area contributed by atoms with Crippen LogP contribution in [0.4, 0.5) is 5.69 Å². The summed E-state index contributed by atoms with van der Waals surface area (Å²) in [4.78, 5) is 37.7. The number of nitrogens with one attached hydrogen (secondary N) is 1. The van der Waals surface area contributed by atoms with Crippen LogP contribution in [0.3, 0.4) is 0 Å². The van der Waals surface area contributed by atoms with E-state index in [9.17, 15) is 19.5 Å². The molecule has 1 aliphatic rings. The van der Waals surface area contributed by atoms with Crippen LogP contribution in [0.2, 0.25) is 0 Å². The van der Waals surface area contributed by atoms with Crippen LogP contribution in [0.1, 0.15) is 29.2 Å². The van der Waals surface area contributed by atoms with Crippen molar-refractivity contribution >= 4 is 23.5 Å². The average Bonchev–Trinajstić information content (AvgIpc) is 2.67. The number of ether oxygens (including phenoxy) is 1. The minimum atomic E-state index is -1.14. The zero-order valence-electron chi connectivity index (χ0n) is 15.8. The third-order valence-corrected chi connectivity index (χ3v) is 4.79. The first-order chi connectivity index (χ1) is 13.4. The van der Waals surface area contributed by atoms with Crippen LogP contribution in [0.5, 0.6) is 5.75 Å². The number of anilines is 1. The van der Waals surface area contributed by atoms with Crippen molar-refractivity contribution < 1.29 is 24.2 Å². The van der Waals surface area contributed by atoms with E-state index < -0.39 is 17.9 Å². The van der Waals surface area contributed by atoms with Crippen LogP contribution >= 0.6 is 0 Å². The molecule has 2 aromatic rings. The number of carboxylic acid groups (broad SMARTS) is 1. The average molecular weight is 382 g/mol. The molecule has 0 radical (unpaired) electrons. The summed E-state index contributed by atoms with van der Waals surface area (Å²) in [6, 6.07) is 11.2. The van der Waals surface area contributed by atoms with Gasteiger partial charge in [-0.25, -0.2) is 4.79 Å². The summed E-state index contributed by atoms with van der Waals surface area (Å²) in [6.45, 7) is 3.88. The predicted molar refractivity (Wildman–Crippen MR) is 103 cm³/mol. The summed E-state index contributed by atoms with van der Waals surface area (Å²) in [5, 5.41) is 12.1. The summed E-state index contributed by atoms with van der Waals surface area (Å²) < 4.78 is 5.38. The Labute approximate surface area is 162 Å². The number of hydrogen-bond acceptors (Lipinski definition) is 4. The zero-order valence-corrected chi connectivity index (χ0v) is 15.8. The number of fused-ring (bicyclic) bond motifs is 1. The van der Waals surface area contributed by atoms with Crippen molar-refractivity contribution in [3.05, 3.63) is 59.2 Å². The molecule has 1 aliphatic heterocycles. The van der Waals surface area contributed by atoms with Gasteiger partial charge in [0.05, 0.1) is 5.69 Å². The molecule has 0 bridgehead atoms. The van der Waals surface area contributed by atoms with Crippen molar-refractivity contribution in [2.45, 2.75) is 26.3 Å². The van der Waals surface area contributed by atoms with E-state index in [1.165, 1.54) is 4.90 Å². The number of aliphatic carboxylic acids is 1. The number of carbonyl (C=O) groups excluding carboxylic acids is 2. The first kappa shape index (κ1) is 19.4. The van der Waals surface area contributed by atoms with Crippen LogP contribution in [0.25, 0.3) is 0 Å². The highest BCUT2D eigenvalue weighted by Gasteiger charge is 2.27. The fourth-order valence-electron chi connectivity index (χ4n) is 3.08. The Morgan fingerprint density at radius 1 is 1.18 bits per heavy atom. The largest absolute Gasteiger partial charge is 0.482 e. The highest BCUT2D eigenvalue weighted by molar-refractivity contribution is 5.98. The van der Waals surface area contributed by atoms with Gasteiger partial charge >= 0.3 is 5.97 Å². The molecule has 7 heteroatoms. The Bertz CT molecular complexity index is 925. The lowest BCUT2D eigenvalue weighted by Gasteiger charge is -2.29. The quantitative estimate of drug-likeness (QED) is 0.800. The van der Waals surface area contributed by atoms with Crippen molar-refractivity contribution in [2.24, 2.45) is 0 Å². The van der Waals surface area contributed by atoms with Gasteiger partial charge in [0.1, 0.15) is 5.75 Å². The maximum Gasteiger partial charge on any atom is 0.330 e. The number of aryl methyl sites for hydroxylation is 2. The molecule has 1 atom stereocenters. The fraction of sp³-hybridized carbons (Fsp3) is 0.286. The highest BCUT2D eigenvalue weighted by Crippen LogP contribution is 2.31. The molecule has 0 aromatic heterocycles. The minimum absolute atomic E-state index is 0.0191. The molecular formula is C21H22N2O5. The zero-order chi connectivity index (χ0) is 20.3. The number of nitrogens with zero attached hydrogens (tertiary/aromatic N) is 1. The molecule has 1 heterocycles. The first-order valence-electron chi connectivity index (χ1n) is 8.98. The summed E-state index contributed by atoms with van der Waals surface area (Å²) >= 11 is 0. The molecular weight excluding hydrogens is 360 g/mol. The Morgan fingerprint density at radius 2 is 1.93 bits per heavy atom. The van der Waals surface area contributed by atoms with Crippen LogP contribution in [-0.2, 0) is 14.4 Å². The first-order valence-corrected chi connectivity index (χ1v) is 8.98. The number of hydrogen-bond donors (Lipinski definition) is 2. The van der Waals surface area contributed by atoms with Crippen molar-refractivity contribution in [1.82, 2.24) is 5.32 Å². The molecule has 3 rings (SSSR count). The lowest BCUT2D eigenvalue weighted by Crippen LogP contribution is -2.42. The third-order valence-electron chi connectivity index (χ3n) is 4.79. The fourth-order valence-corrected chi connectivity index (χ4v) is 3.08. The third kappa shape index (κ3) is 4.14. The second-order valence-corrected chi connectivity index (χ2v) is 6.73. The van der Waals surface area contributed by atoms with Crippen molar-refractivity contribution in [1.29, 1.82) is 0 Å². The summed E-state index contributed by atoms with van der Waals surface area (Å²) in [6.07, 6.45) is -0.0191. The van der Waals surface area contributed by atoms with Gasteiger partial charge in [0, 0.05) is 13.0 Å². The molecule has 7 nitrogen and oxygen atoms in total. The Hall–Kier alpha value is -3.35. The van der Waals surface area contributed by atoms with Gasteiger partial charge in [0.15, 0.2) is 12.6 Å². The van der Waals surface area contributed by atoms with E-state index in [1.54, 1.807) is 36.4 Å². The Balaban J connectivity index is 1.68. The van der Waals surface area contributed by atoms with E-state index in [0.29, 0.717) is 17.0 Å². The monoisotopic (exact) mass is 382 g/mol. The predicted octanol–water partition coefficient (Wildman–Crippen LogP) is 2.36. The van der Waals surface area contributed by atoms with Gasteiger partial charge in [-0.3, -0.25) is 9.59 Å². The van der Waals surface area contributed by atoms with Crippen molar-refractivity contribution in [3.8, 4) is 5.75 Å². The number of para-hydroxylation sites is 2. The van der Waals surface area contributed by atoms with E-state index in [-0.39, 0.29) is 25.5 Å². The van der Waals surface area contributed by atoms with Crippen LogP contribution in [0.15, 0.2) is 42.5 Å². The molecule has 2 amide bonds. The second-order valence-electron chi connectivity index (χ2n) is 6.73. The van der Waals surface area contributed by atoms with Crippen LogP contribution < -0.4 is 15.0 Å². The maximum absolute atomic E-state index is 12.4. The SMILES string of the molecule is Cc1ccc(C(NC(=O)CCN2C(=O)COc3ccccc32)C(=O)O)cc1C. The van der Waals surface area contributed by atoms with E-state index in [1.807, 2.05) is 19.9 Å². The molecule has 1 unspecified atom stereocenters. The standard InChI is InChI=1S/C21H22N2O5/c1-13-7-8-15(11-14(13)2)20(21(26)27)22-18(24)9-10-23-16-5-3-4-6-17(16)28-12-19(23)25/h3-8,11,20H,9-10,12H2,1-2H3,(H,22,24)(H,26,27). The normalized spacial score (nSPS) is 14.1. The van der Waals surface area contributed by atoms with Gasteiger partial charge in [-0.1, -0.05) is 30.3 Å². The van der Waals surface area contributed by atoms with Gasteiger partial charge in [-0.15, -0.1) is 0 Å². The Morgan fingerprint density at radius 3 is 2.64 bits per heavy atom. The number of amides is 2. The highest BCUT2D eigenvalue weighted by atomic mass is 16.5. The second kappa shape index (κ2) is 8.12. The topological polar surface area (TPSA) is 95.9 Å². The molecule has 0 spiro atoms. The lowest BCUT2D eigenvalue weighted by molar-refractivity contribution is -0.142. The smallest absolute Gasteiger partial charge is 0.330 e. The molecule has 2 N–H and O–H groups in total. The number of rotatable bonds is 6. The van der Waals surface area contributed by atoms with Crippen LogP contribution in [0, 0.1) is 13.8 Å². The molecule has 28 heavy (non-hydrogen) atoms. The van der Waals surface area contributed by atoms with Crippen molar-refractivity contribution in [2.75, 3.05) is 18.1 Å². The number of benzene rings is 2. The lowest BCUT2D eigenvalue weighted by atomic mass is 10.0. The van der Waals surface area contributed by atoms with Crippen LogP contribution in [-0.4, -0.2) is 36.0 Å². The molecule has 0 saturated heterocycles. The molecule has 0 fully saturated rings. The van der Waals surface area contributed by atoms with Gasteiger partial charge < -0.3 is 20.1 Å². The van der Waals surface area contributed by atoms with E-state index in [4.69, 9.17) is 4.74 Å². The van der Waals surface area contributed by atoms with Gasteiger partial charge in [-0.2, -0.15) is 0 Å². The van der Waals surface area contributed by atoms with Gasteiger partial charge in [-0.05, 0) is 42.7 Å². The summed E-state index contributed by atoms with van der Waals surface area (Å²) in [5.41, 5.74) is 3.12. The number of carboxylic acids is 1. The van der Waals surface area contributed by atoms with Crippen molar-refractivity contribution in [3.63, 3.8) is 0 Å². The molecule has 0 aliphatic carbocycles. The van der Waals surface area contributed by atoms with Gasteiger partial charge in [0.25, 0.3) is 5.91 Å². The Kier molecular flexibility index (Phi) is 5.63. The molecule has 2 aromatic carbocycles.